The molecule has 122 valence electrons. The Bertz CT molecular complexity index is 505. The van der Waals surface area contributed by atoms with Crippen LogP contribution in [0.5, 0.6) is 0 Å². The van der Waals surface area contributed by atoms with Gasteiger partial charge in [0.05, 0.1) is 5.56 Å². The molecule has 1 aliphatic heterocycles. The molecule has 1 unspecified atom stereocenters. The molecular weight excluding hydrogens is 315 g/mol. The molecule has 0 spiro atoms. The highest BCUT2D eigenvalue weighted by Crippen LogP contribution is 2.30. The summed E-state index contributed by atoms with van der Waals surface area (Å²) in [5, 5.41) is -0.508. The quantitative estimate of drug-likeness (QED) is 0.762. The van der Waals surface area contributed by atoms with Crippen LogP contribution in [0, 0.1) is 5.92 Å². The minimum Gasteiger partial charge on any atom is -0.341 e. The fourth-order valence-electron chi connectivity index (χ4n) is 2.77. The minimum absolute atomic E-state index is 0.0466. The minimum atomic E-state index is -4.29. The standard InChI is InChI=1S/C16H19ClF3NO/c1-11(17)15(22)21-8-6-13(7-9-21)10-12-2-4-14(5-3-12)16(18,19)20/h2-5,11,13H,6-10H2,1H3. The number of hydrogen-bond acceptors (Lipinski definition) is 1. The zero-order chi connectivity index (χ0) is 16.3. The number of nitrogens with zero attached hydrogens (tertiary/aromatic N) is 1. The van der Waals surface area contributed by atoms with E-state index in [0.29, 0.717) is 19.0 Å². The van der Waals surface area contributed by atoms with Crippen LogP contribution in [0.4, 0.5) is 13.2 Å². The maximum atomic E-state index is 12.5. The Balaban J connectivity index is 1.87. The second-order valence-corrected chi connectivity index (χ2v) is 6.44. The fraction of sp³-hybridized carbons (Fsp3) is 0.562. The Labute approximate surface area is 133 Å². The Kier molecular flexibility index (Phi) is 5.37. The van der Waals surface area contributed by atoms with Crippen molar-refractivity contribution < 1.29 is 18.0 Å². The number of alkyl halides is 4. The van der Waals surface area contributed by atoms with Crippen molar-refractivity contribution in [2.24, 2.45) is 5.92 Å². The van der Waals surface area contributed by atoms with Crippen molar-refractivity contribution in [1.82, 2.24) is 4.90 Å². The van der Waals surface area contributed by atoms with E-state index in [0.717, 1.165) is 37.0 Å². The van der Waals surface area contributed by atoms with Gasteiger partial charge in [-0.1, -0.05) is 12.1 Å². The van der Waals surface area contributed by atoms with E-state index in [-0.39, 0.29) is 5.91 Å². The molecule has 0 aliphatic carbocycles. The summed E-state index contributed by atoms with van der Waals surface area (Å²) in [7, 11) is 0. The van der Waals surface area contributed by atoms with E-state index in [2.05, 4.69) is 0 Å². The predicted octanol–water partition coefficient (Wildman–Crippen LogP) is 4.11. The molecule has 22 heavy (non-hydrogen) atoms. The normalized spacial score (nSPS) is 18.3. The maximum absolute atomic E-state index is 12.5. The lowest BCUT2D eigenvalue weighted by molar-refractivity contribution is -0.137. The largest absolute Gasteiger partial charge is 0.416 e. The van der Waals surface area contributed by atoms with E-state index in [9.17, 15) is 18.0 Å². The smallest absolute Gasteiger partial charge is 0.341 e. The first-order valence-corrected chi connectivity index (χ1v) is 7.80. The van der Waals surface area contributed by atoms with Crippen LogP contribution in [0.1, 0.15) is 30.9 Å². The molecule has 0 saturated carbocycles. The lowest BCUT2D eigenvalue weighted by Gasteiger charge is -2.32. The zero-order valence-electron chi connectivity index (χ0n) is 12.4. The number of carbonyl (C=O) groups is 1. The van der Waals surface area contributed by atoms with Crippen molar-refractivity contribution in [2.75, 3.05) is 13.1 Å². The molecular formula is C16H19ClF3NO. The van der Waals surface area contributed by atoms with Crippen molar-refractivity contribution in [1.29, 1.82) is 0 Å². The van der Waals surface area contributed by atoms with E-state index in [1.165, 1.54) is 0 Å². The number of benzene rings is 1. The molecule has 1 aromatic carbocycles. The number of halogens is 4. The lowest BCUT2D eigenvalue weighted by atomic mass is 9.90. The van der Waals surface area contributed by atoms with Gasteiger partial charge in [0.1, 0.15) is 5.38 Å². The Morgan fingerprint density at radius 1 is 1.27 bits per heavy atom. The van der Waals surface area contributed by atoms with Crippen LogP contribution in [-0.2, 0) is 17.4 Å². The second kappa shape index (κ2) is 6.90. The van der Waals surface area contributed by atoms with E-state index < -0.39 is 17.1 Å². The summed E-state index contributed by atoms with van der Waals surface area (Å²) in [5.41, 5.74) is 0.288. The molecule has 1 atom stereocenters. The summed E-state index contributed by atoms with van der Waals surface area (Å²) in [5.74, 6) is 0.348. The molecule has 1 amide bonds. The molecule has 2 rings (SSSR count). The molecule has 0 N–H and O–H groups in total. The van der Waals surface area contributed by atoms with Gasteiger partial charge in [-0.2, -0.15) is 13.2 Å². The summed E-state index contributed by atoms with van der Waals surface area (Å²) >= 11 is 5.80. The third kappa shape index (κ3) is 4.38. The maximum Gasteiger partial charge on any atom is 0.416 e. The Morgan fingerprint density at radius 2 is 1.82 bits per heavy atom. The van der Waals surface area contributed by atoms with Crippen LogP contribution in [0.3, 0.4) is 0 Å². The van der Waals surface area contributed by atoms with Crippen molar-refractivity contribution in [3.8, 4) is 0 Å². The van der Waals surface area contributed by atoms with Crippen molar-refractivity contribution in [2.45, 2.75) is 37.7 Å². The Morgan fingerprint density at radius 3 is 2.27 bits per heavy atom. The highest BCUT2D eigenvalue weighted by atomic mass is 35.5. The van der Waals surface area contributed by atoms with Gasteiger partial charge in [0, 0.05) is 13.1 Å². The van der Waals surface area contributed by atoms with Crippen molar-refractivity contribution in [3.05, 3.63) is 35.4 Å². The van der Waals surface area contributed by atoms with Crippen LogP contribution in [0.15, 0.2) is 24.3 Å². The van der Waals surface area contributed by atoms with Gasteiger partial charge in [-0.15, -0.1) is 11.6 Å². The second-order valence-electron chi connectivity index (χ2n) is 5.78. The van der Waals surface area contributed by atoms with E-state index in [1.807, 2.05) is 0 Å². The van der Waals surface area contributed by atoms with Crippen LogP contribution in [0.25, 0.3) is 0 Å². The molecule has 1 heterocycles. The summed E-state index contributed by atoms with van der Waals surface area (Å²) in [6.45, 7) is 3.00. The molecule has 6 heteroatoms. The number of hydrogen-bond donors (Lipinski definition) is 0. The average Bonchev–Trinajstić information content (AvgIpc) is 2.47. The summed E-state index contributed by atoms with van der Waals surface area (Å²) in [4.78, 5) is 13.5. The number of amides is 1. The molecule has 0 bridgehead atoms. The van der Waals surface area contributed by atoms with Gasteiger partial charge in [-0.05, 0) is 49.8 Å². The molecule has 1 saturated heterocycles. The number of carbonyl (C=O) groups excluding carboxylic acids is 1. The van der Waals surface area contributed by atoms with E-state index in [1.54, 1.807) is 24.0 Å². The molecule has 1 fully saturated rings. The van der Waals surface area contributed by atoms with Gasteiger partial charge in [0.25, 0.3) is 0 Å². The third-order valence-corrected chi connectivity index (χ3v) is 4.26. The van der Waals surface area contributed by atoms with Gasteiger partial charge in [0.15, 0.2) is 0 Å². The van der Waals surface area contributed by atoms with E-state index >= 15 is 0 Å². The first-order chi connectivity index (χ1) is 10.3. The van der Waals surface area contributed by atoms with Gasteiger partial charge >= 0.3 is 6.18 Å². The SMILES string of the molecule is CC(Cl)C(=O)N1CCC(Cc2ccc(C(F)(F)F)cc2)CC1. The highest BCUT2D eigenvalue weighted by molar-refractivity contribution is 6.30. The molecule has 1 aromatic rings. The van der Waals surface area contributed by atoms with Gasteiger partial charge in [0.2, 0.25) is 5.91 Å². The summed E-state index contributed by atoms with van der Waals surface area (Å²) in [6.07, 6.45) is -1.83. The lowest BCUT2D eigenvalue weighted by Crippen LogP contribution is -2.41. The highest BCUT2D eigenvalue weighted by Gasteiger charge is 2.30. The molecule has 1 aliphatic rings. The van der Waals surface area contributed by atoms with Crippen molar-refractivity contribution in [3.63, 3.8) is 0 Å². The van der Waals surface area contributed by atoms with Crippen LogP contribution >= 0.6 is 11.6 Å². The number of piperidine rings is 1. The third-order valence-electron chi connectivity index (χ3n) is 4.07. The van der Waals surface area contributed by atoms with Crippen LogP contribution in [-0.4, -0.2) is 29.3 Å². The molecule has 0 radical (unpaired) electrons. The number of likely N-dealkylation sites (tertiary alicyclic amines) is 1. The van der Waals surface area contributed by atoms with Gasteiger partial charge < -0.3 is 4.90 Å². The fourth-order valence-corrected chi connectivity index (χ4v) is 2.91. The first-order valence-electron chi connectivity index (χ1n) is 7.36. The predicted molar refractivity (Wildman–Crippen MR) is 79.8 cm³/mol. The van der Waals surface area contributed by atoms with Crippen LogP contribution in [0.2, 0.25) is 0 Å². The molecule has 0 aromatic heterocycles. The topological polar surface area (TPSA) is 20.3 Å². The summed E-state index contributed by atoms with van der Waals surface area (Å²) < 4.78 is 37.5. The van der Waals surface area contributed by atoms with Gasteiger partial charge in [-0.25, -0.2) is 0 Å². The average molecular weight is 334 g/mol. The summed E-state index contributed by atoms with van der Waals surface area (Å²) in [6, 6.07) is 5.34. The monoisotopic (exact) mass is 333 g/mol. The van der Waals surface area contributed by atoms with Crippen LogP contribution < -0.4 is 0 Å². The van der Waals surface area contributed by atoms with Crippen molar-refractivity contribution >= 4 is 17.5 Å². The first kappa shape index (κ1) is 17.1. The zero-order valence-corrected chi connectivity index (χ0v) is 13.1. The van der Waals surface area contributed by atoms with Gasteiger partial charge in [-0.3, -0.25) is 4.79 Å². The molecule has 2 nitrogen and oxygen atoms in total. The Hall–Kier alpha value is -1.23. The number of rotatable bonds is 3. The van der Waals surface area contributed by atoms with E-state index in [4.69, 9.17) is 11.6 Å².